The second kappa shape index (κ2) is 13.6. The van der Waals surface area contributed by atoms with Gasteiger partial charge in [-0.05, 0) is 76.6 Å². The summed E-state index contributed by atoms with van der Waals surface area (Å²) in [7, 11) is -6.97. The highest BCUT2D eigenvalue weighted by Crippen LogP contribution is 2.62. The minimum atomic E-state index is -4.81. The summed E-state index contributed by atoms with van der Waals surface area (Å²) in [5.74, 6) is 0. The van der Waals surface area contributed by atoms with Crippen molar-refractivity contribution in [1.82, 2.24) is 15.4 Å². The molecule has 0 fully saturated rings. The molecule has 1 rings (SSSR count). The van der Waals surface area contributed by atoms with Crippen molar-refractivity contribution >= 4 is 53.4 Å². The van der Waals surface area contributed by atoms with Crippen LogP contribution in [-0.4, -0.2) is 47.7 Å². The van der Waals surface area contributed by atoms with Gasteiger partial charge in [0.05, 0.1) is 9.92 Å². The highest BCUT2D eigenvalue weighted by molar-refractivity contribution is 9.17. The molecular formula is C16H30ClFN4O2S4. The maximum Gasteiger partial charge on any atom is 0.332 e. The minimum Gasteiger partial charge on any atom is -0.330 e. The van der Waals surface area contributed by atoms with Gasteiger partial charge in [-0.15, -0.1) is 27.2 Å². The second-order valence-corrected chi connectivity index (χ2v) is 13.9. The number of hydrogen-bond acceptors (Lipinski definition) is 8. The largest absolute Gasteiger partial charge is 0.332 e. The van der Waals surface area contributed by atoms with E-state index in [2.05, 4.69) is 38.7 Å². The number of benzene rings is 1. The molecule has 0 aliphatic carbocycles. The van der Waals surface area contributed by atoms with Crippen molar-refractivity contribution in [3.63, 3.8) is 0 Å². The van der Waals surface area contributed by atoms with Crippen LogP contribution >= 0.6 is 43.2 Å². The van der Waals surface area contributed by atoms with E-state index in [0.717, 1.165) is 64.5 Å². The van der Waals surface area contributed by atoms with Crippen LogP contribution in [0.1, 0.15) is 25.7 Å². The van der Waals surface area contributed by atoms with Gasteiger partial charge in [0, 0.05) is 11.4 Å². The third kappa shape index (κ3) is 10.4. The van der Waals surface area contributed by atoms with E-state index >= 15 is 0 Å². The first-order valence-corrected chi connectivity index (χ1v) is 14.6. The first kappa shape index (κ1) is 26.3. The number of nitrogens with two attached hydrogens (primary N) is 1. The fourth-order valence-electron chi connectivity index (χ4n) is 2.34. The van der Waals surface area contributed by atoms with Gasteiger partial charge in [0.1, 0.15) is 0 Å². The van der Waals surface area contributed by atoms with Crippen LogP contribution < -0.4 is 21.1 Å². The van der Waals surface area contributed by atoms with Gasteiger partial charge >= 0.3 is 10.2 Å². The molecule has 0 aromatic heterocycles. The van der Waals surface area contributed by atoms with Crippen molar-refractivity contribution in [1.29, 1.82) is 0 Å². The average Bonchev–Trinajstić information content (AvgIpc) is 2.61. The van der Waals surface area contributed by atoms with E-state index in [0.29, 0.717) is 11.4 Å². The number of rotatable bonds is 15. The Hall–Kier alpha value is 0.280. The molecule has 164 valence electrons. The quantitative estimate of drug-likeness (QED) is 0.0974. The fraction of sp³-hybridized carbons (Fsp3) is 0.625. The molecule has 6 nitrogen and oxygen atoms in total. The van der Waals surface area contributed by atoms with Crippen molar-refractivity contribution in [3.05, 3.63) is 23.2 Å². The van der Waals surface area contributed by atoms with E-state index in [1.807, 2.05) is 0 Å². The predicted octanol–water partition coefficient (Wildman–Crippen LogP) is 3.05. The molecule has 0 radical (unpaired) electrons. The van der Waals surface area contributed by atoms with Crippen molar-refractivity contribution in [2.24, 2.45) is 5.73 Å². The van der Waals surface area contributed by atoms with E-state index in [4.69, 9.17) is 17.3 Å². The summed E-state index contributed by atoms with van der Waals surface area (Å²) < 4.78 is 38.6. The zero-order valence-corrected chi connectivity index (χ0v) is 19.8. The molecular weight excluding hydrogens is 463 g/mol. The van der Waals surface area contributed by atoms with E-state index in [1.165, 1.54) is 12.1 Å². The zero-order chi connectivity index (χ0) is 21.0. The summed E-state index contributed by atoms with van der Waals surface area (Å²) in [6.45, 7) is 5.08. The van der Waals surface area contributed by atoms with E-state index in [9.17, 15) is 12.3 Å². The third-order valence-corrected chi connectivity index (χ3v) is 8.61. The number of hydrogen-bond donors (Lipinski definition) is 6. The van der Waals surface area contributed by atoms with Gasteiger partial charge in [0.25, 0.3) is 0 Å². The molecule has 0 aliphatic rings. The van der Waals surface area contributed by atoms with Crippen molar-refractivity contribution < 1.29 is 12.3 Å². The fourth-order valence-corrected chi connectivity index (χ4v) is 6.36. The lowest BCUT2D eigenvalue weighted by Crippen LogP contribution is -2.24. The number of unbranched alkanes of at least 4 members (excludes halogenated alkanes) is 1. The number of thiol groups is 2. The molecule has 0 heterocycles. The lowest BCUT2D eigenvalue weighted by molar-refractivity contribution is 0.552. The molecule has 1 aromatic carbocycles. The standard InChI is InChI=1S/C16H30ClFN4O2S4/c17-15-6-5-14(27(18,23)24)13-16(15)28(25,26)22-12-4-11-21-9-2-1-8-20-10-3-7-19/h5-6,13,20-22,25-26H,1-4,7-12,19H2. The lowest BCUT2D eigenvalue weighted by atomic mass is 10.3. The Kier molecular flexibility index (Phi) is 12.7. The predicted molar refractivity (Wildman–Crippen MR) is 125 cm³/mol. The molecule has 0 saturated carbocycles. The summed E-state index contributed by atoms with van der Waals surface area (Å²) in [6, 6.07) is 3.64. The van der Waals surface area contributed by atoms with Crippen molar-refractivity contribution in [2.45, 2.75) is 35.5 Å². The Bertz CT molecular complexity index is 695. The molecule has 0 saturated heterocycles. The molecule has 0 bridgehead atoms. The Morgan fingerprint density at radius 3 is 2.11 bits per heavy atom. The number of halogens is 2. The minimum absolute atomic E-state index is 0.290. The summed E-state index contributed by atoms with van der Waals surface area (Å²) in [6.07, 6.45) is 4.05. The molecule has 28 heavy (non-hydrogen) atoms. The third-order valence-electron chi connectivity index (χ3n) is 3.84. The Morgan fingerprint density at radius 2 is 1.54 bits per heavy atom. The van der Waals surface area contributed by atoms with Gasteiger partial charge < -0.3 is 16.4 Å². The topological polar surface area (TPSA) is 96.2 Å². The first-order chi connectivity index (χ1) is 13.2. The van der Waals surface area contributed by atoms with Crippen LogP contribution in [0.2, 0.25) is 5.02 Å². The maximum atomic E-state index is 13.2. The van der Waals surface area contributed by atoms with Gasteiger partial charge in [-0.2, -0.15) is 8.42 Å². The van der Waals surface area contributed by atoms with Crippen LogP contribution in [0.15, 0.2) is 28.0 Å². The van der Waals surface area contributed by atoms with Gasteiger partial charge in [0.2, 0.25) is 0 Å². The molecule has 0 atom stereocenters. The van der Waals surface area contributed by atoms with Crippen molar-refractivity contribution in [2.75, 3.05) is 39.3 Å². The van der Waals surface area contributed by atoms with Gasteiger partial charge in [-0.1, -0.05) is 19.9 Å². The smallest absolute Gasteiger partial charge is 0.330 e. The van der Waals surface area contributed by atoms with E-state index < -0.39 is 23.4 Å². The summed E-state index contributed by atoms with van der Waals surface area (Å²) in [5, 5.41) is 7.00. The molecule has 1 aromatic rings. The van der Waals surface area contributed by atoms with E-state index in [-0.39, 0.29) is 5.02 Å². The van der Waals surface area contributed by atoms with Gasteiger partial charge in [0.15, 0.2) is 0 Å². The summed E-state index contributed by atoms with van der Waals surface area (Å²) in [5.41, 5.74) is 5.43. The average molecular weight is 493 g/mol. The Morgan fingerprint density at radius 1 is 0.964 bits per heavy atom. The lowest BCUT2D eigenvalue weighted by Gasteiger charge is -2.31. The highest BCUT2D eigenvalue weighted by Gasteiger charge is 2.23. The molecule has 0 spiro atoms. The molecule has 5 N–H and O–H groups in total. The van der Waals surface area contributed by atoms with Crippen LogP contribution in [0.3, 0.4) is 0 Å². The van der Waals surface area contributed by atoms with Crippen LogP contribution in [0, 0.1) is 0 Å². The first-order valence-electron chi connectivity index (χ1n) is 9.07. The molecule has 12 heteroatoms. The Balaban J connectivity index is 2.28. The Labute approximate surface area is 184 Å². The molecule has 0 amide bonds. The maximum absolute atomic E-state index is 13.2. The molecule has 0 unspecified atom stereocenters. The van der Waals surface area contributed by atoms with Gasteiger partial charge in [-0.3, -0.25) is 4.72 Å². The molecule has 0 aliphatic heterocycles. The van der Waals surface area contributed by atoms with Crippen molar-refractivity contribution in [3.8, 4) is 0 Å². The van der Waals surface area contributed by atoms with Gasteiger partial charge in [-0.25, -0.2) is 0 Å². The SMILES string of the molecule is NCCCNCCCCNCCCNS(S)(S)c1cc(S(=O)(=O)F)ccc1Cl. The van der Waals surface area contributed by atoms with Crippen LogP contribution in [0.5, 0.6) is 0 Å². The number of nitrogens with one attached hydrogen (secondary N) is 3. The van der Waals surface area contributed by atoms with Crippen LogP contribution in [-0.2, 0) is 10.2 Å². The monoisotopic (exact) mass is 492 g/mol. The van der Waals surface area contributed by atoms with Crippen LogP contribution in [0.4, 0.5) is 3.89 Å². The summed E-state index contributed by atoms with van der Waals surface area (Å²) in [4.78, 5) is -0.0810. The summed E-state index contributed by atoms with van der Waals surface area (Å²) >= 11 is 15.1. The zero-order valence-electron chi connectivity index (χ0n) is 15.7. The van der Waals surface area contributed by atoms with Crippen LogP contribution in [0.25, 0.3) is 0 Å². The normalized spacial score (nSPS) is 13.0. The highest BCUT2D eigenvalue weighted by atomic mass is 35.5. The second-order valence-electron chi connectivity index (χ2n) is 6.18. The van der Waals surface area contributed by atoms with E-state index in [1.54, 1.807) is 0 Å².